The molecule has 0 saturated carbocycles. The Kier molecular flexibility index (Phi) is 4.62. The molecule has 1 heteroatoms. The van der Waals surface area contributed by atoms with E-state index in [2.05, 4.69) is 13.8 Å². The van der Waals surface area contributed by atoms with E-state index in [0.29, 0.717) is 12.2 Å². The Morgan fingerprint density at radius 1 is 1.38 bits per heavy atom. The van der Waals surface area contributed by atoms with Gasteiger partial charge in [0.2, 0.25) is 0 Å². The molecular formula is C7H13F. The summed E-state index contributed by atoms with van der Waals surface area (Å²) in [5, 5.41) is 0. The highest BCUT2D eigenvalue weighted by Crippen LogP contribution is 2.08. The van der Waals surface area contributed by atoms with E-state index >= 15 is 0 Å². The van der Waals surface area contributed by atoms with E-state index < -0.39 is 0 Å². The normalized spacial score (nSPS) is 11.5. The first-order valence-electron chi connectivity index (χ1n) is 3.12. The Hall–Kier alpha value is -0.330. The van der Waals surface area contributed by atoms with E-state index in [1.54, 1.807) is 6.08 Å². The minimum Gasteiger partial charge on any atom is -0.216 e. The van der Waals surface area contributed by atoms with Crippen molar-refractivity contribution in [2.24, 2.45) is 5.92 Å². The summed E-state index contributed by atoms with van der Waals surface area (Å²) in [6.07, 6.45) is 4.32. The fraction of sp³-hybridized carbons (Fsp3) is 0.714. The van der Waals surface area contributed by atoms with Crippen LogP contribution in [0.1, 0.15) is 26.7 Å². The lowest BCUT2D eigenvalue weighted by molar-refractivity contribution is 0.588. The largest absolute Gasteiger partial charge is 0.216 e. The van der Waals surface area contributed by atoms with Gasteiger partial charge in [-0.3, -0.25) is 0 Å². The number of hydrogen-bond donors (Lipinski definition) is 0. The molecule has 0 amide bonds. The van der Waals surface area contributed by atoms with Gasteiger partial charge < -0.3 is 0 Å². The molecule has 0 unspecified atom stereocenters. The fourth-order valence-electron chi connectivity index (χ4n) is 0.664. The maximum Gasteiger partial charge on any atom is 0.0829 e. The number of halogens is 1. The molecule has 0 aliphatic carbocycles. The van der Waals surface area contributed by atoms with Crippen LogP contribution in [0.15, 0.2) is 12.4 Å². The standard InChI is InChI=1S/C7H13F/c1-3-7(4-2)5-6-8/h5-7H,3-4H2,1-2H3. The molecular weight excluding hydrogens is 103 g/mol. The molecule has 0 saturated heterocycles. The van der Waals surface area contributed by atoms with Gasteiger partial charge >= 0.3 is 0 Å². The van der Waals surface area contributed by atoms with E-state index in [4.69, 9.17) is 0 Å². The topological polar surface area (TPSA) is 0 Å². The van der Waals surface area contributed by atoms with Gasteiger partial charge in [-0.25, -0.2) is 4.39 Å². The summed E-state index contributed by atoms with van der Waals surface area (Å²) in [5.74, 6) is 0.444. The predicted octanol–water partition coefficient (Wildman–Crippen LogP) is 2.91. The van der Waals surface area contributed by atoms with Gasteiger partial charge in [-0.15, -0.1) is 0 Å². The average molecular weight is 116 g/mol. The highest BCUT2D eigenvalue weighted by atomic mass is 19.1. The van der Waals surface area contributed by atoms with Gasteiger partial charge in [-0.2, -0.15) is 0 Å². The molecule has 0 heterocycles. The molecule has 0 fully saturated rings. The maximum absolute atomic E-state index is 11.4. The molecule has 0 rings (SSSR count). The Bertz CT molecular complexity index is 62.8. The van der Waals surface area contributed by atoms with Crippen LogP contribution in [0.3, 0.4) is 0 Å². The summed E-state index contributed by atoms with van der Waals surface area (Å²) in [6.45, 7) is 4.13. The van der Waals surface area contributed by atoms with Crippen molar-refractivity contribution in [1.29, 1.82) is 0 Å². The van der Waals surface area contributed by atoms with Crippen LogP contribution in [0.4, 0.5) is 4.39 Å². The first kappa shape index (κ1) is 7.67. The number of hydrogen-bond acceptors (Lipinski definition) is 0. The summed E-state index contributed by atoms with van der Waals surface area (Å²) < 4.78 is 11.4. The molecule has 0 aromatic carbocycles. The highest BCUT2D eigenvalue weighted by molar-refractivity contribution is 4.79. The van der Waals surface area contributed by atoms with Crippen LogP contribution in [0.2, 0.25) is 0 Å². The molecule has 0 aliphatic rings. The Morgan fingerprint density at radius 2 is 1.88 bits per heavy atom. The van der Waals surface area contributed by atoms with Crippen LogP contribution in [0.5, 0.6) is 0 Å². The minimum absolute atomic E-state index is 0.444. The highest BCUT2D eigenvalue weighted by Gasteiger charge is 1.94. The van der Waals surface area contributed by atoms with Crippen LogP contribution >= 0.6 is 0 Å². The molecule has 0 atom stereocenters. The lowest BCUT2D eigenvalue weighted by Crippen LogP contribution is -1.88. The lowest BCUT2D eigenvalue weighted by atomic mass is 10.0. The van der Waals surface area contributed by atoms with Gasteiger partial charge in [-0.1, -0.05) is 19.9 Å². The van der Waals surface area contributed by atoms with Crippen molar-refractivity contribution in [3.63, 3.8) is 0 Å². The third-order valence-corrected chi connectivity index (χ3v) is 1.39. The summed E-state index contributed by atoms with van der Waals surface area (Å²) in [5.41, 5.74) is 0. The molecule has 0 nitrogen and oxygen atoms in total. The quantitative estimate of drug-likeness (QED) is 0.531. The smallest absolute Gasteiger partial charge is 0.0829 e. The molecule has 0 spiro atoms. The Balaban J connectivity index is 3.36. The molecule has 0 bridgehead atoms. The van der Waals surface area contributed by atoms with Gasteiger partial charge in [0, 0.05) is 0 Å². The first-order chi connectivity index (χ1) is 3.85. The Morgan fingerprint density at radius 3 is 2.00 bits per heavy atom. The zero-order valence-electron chi connectivity index (χ0n) is 5.52. The third kappa shape index (κ3) is 2.78. The van der Waals surface area contributed by atoms with Crippen molar-refractivity contribution in [3.05, 3.63) is 12.4 Å². The van der Waals surface area contributed by atoms with Gasteiger partial charge in [0.15, 0.2) is 0 Å². The summed E-state index contributed by atoms with van der Waals surface area (Å²) in [7, 11) is 0. The van der Waals surface area contributed by atoms with Gasteiger partial charge in [-0.05, 0) is 18.8 Å². The predicted molar refractivity (Wildman–Crippen MR) is 34.3 cm³/mol. The zero-order valence-corrected chi connectivity index (χ0v) is 5.52. The van der Waals surface area contributed by atoms with E-state index in [-0.39, 0.29) is 0 Å². The third-order valence-electron chi connectivity index (χ3n) is 1.39. The Labute approximate surface area is 50.4 Å². The summed E-state index contributed by atoms with van der Waals surface area (Å²) in [6, 6.07) is 0. The van der Waals surface area contributed by atoms with Crippen LogP contribution in [-0.2, 0) is 0 Å². The van der Waals surface area contributed by atoms with Crippen LogP contribution in [0.25, 0.3) is 0 Å². The van der Waals surface area contributed by atoms with Crippen molar-refractivity contribution >= 4 is 0 Å². The lowest BCUT2D eigenvalue weighted by Gasteiger charge is -2.01. The van der Waals surface area contributed by atoms with Crippen molar-refractivity contribution in [3.8, 4) is 0 Å². The minimum atomic E-state index is 0.444. The van der Waals surface area contributed by atoms with Crippen molar-refractivity contribution in [1.82, 2.24) is 0 Å². The van der Waals surface area contributed by atoms with Crippen LogP contribution in [-0.4, -0.2) is 0 Å². The van der Waals surface area contributed by atoms with Gasteiger partial charge in [0.1, 0.15) is 0 Å². The number of allylic oxidation sites excluding steroid dienone is 1. The number of rotatable bonds is 3. The SMILES string of the molecule is CCC(C=CF)CC. The van der Waals surface area contributed by atoms with E-state index in [1.807, 2.05) is 0 Å². The molecule has 0 radical (unpaired) electrons. The summed E-state index contributed by atoms with van der Waals surface area (Å²) in [4.78, 5) is 0. The van der Waals surface area contributed by atoms with Crippen LogP contribution in [0, 0.1) is 5.92 Å². The van der Waals surface area contributed by atoms with Crippen molar-refractivity contribution in [2.45, 2.75) is 26.7 Å². The molecule has 0 aromatic rings. The molecule has 8 heavy (non-hydrogen) atoms. The second-order valence-electron chi connectivity index (χ2n) is 1.90. The fourth-order valence-corrected chi connectivity index (χ4v) is 0.664. The molecule has 48 valence electrons. The molecule has 0 aromatic heterocycles. The average Bonchev–Trinajstić information content (AvgIpc) is 1.83. The second kappa shape index (κ2) is 4.82. The van der Waals surface area contributed by atoms with Crippen molar-refractivity contribution in [2.75, 3.05) is 0 Å². The zero-order chi connectivity index (χ0) is 6.41. The first-order valence-corrected chi connectivity index (χ1v) is 3.12. The van der Waals surface area contributed by atoms with Gasteiger partial charge in [0.05, 0.1) is 6.33 Å². The van der Waals surface area contributed by atoms with E-state index in [0.717, 1.165) is 12.8 Å². The monoisotopic (exact) mass is 116 g/mol. The summed E-state index contributed by atoms with van der Waals surface area (Å²) >= 11 is 0. The van der Waals surface area contributed by atoms with Crippen LogP contribution < -0.4 is 0 Å². The molecule has 0 N–H and O–H groups in total. The van der Waals surface area contributed by atoms with Crippen molar-refractivity contribution < 1.29 is 4.39 Å². The molecule has 0 aliphatic heterocycles. The maximum atomic E-state index is 11.4. The van der Waals surface area contributed by atoms with E-state index in [9.17, 15) is 4.39 Å². The second-order valence-corrected chi connectivity index (χ2v) is 1.90. The van der Waals surface area contributed by atoms with Gasteiger partial charge in [0.25, 0.3) is 0 Å². The van der Waals surface area contributed by atoms with E-state index in [1.165, 1.54) is 0 Å².